The highest BCUT2D eigenvalue weighted by Gasteiger charge is 2.31. The molecule has 0 bridgehead atoms. The van der Waals surface area contributed by atoms with Crippen LogP contribution in [-0.2, 0) is 0 Å². The van der Waals surface area contributed by atoms with Crippen molar-refractivity contribution in [1.82, 2.24) is 0 Å². The quantitative estimate of drug-likeness (QED) is 0.118. The van der Waals surface area contributed by atoms with E-state index in [0.29, 0.717) is 5.69 Å². The van der Waals surface area contributed by atoms with E-state index in [1.807, 2.05) is 72.8 Å². The average molecular weight is 697 g/mol. The molecule has 0 saturated carbocycles. The standard InChI is InChI=1S/C48H38B2FN3/c51-43-25-15-37(16-26-43)38-31-46(49(39-7-3-1-4-8-39)41-21-11-33(12-22-41)35-17-27-44(52)28-18-35)48(54)47(32-38)50(40-9-5-2-6-10-40)42-23-13-34(14-24-42)36-19-29-45(53)30-20-36/h1-32H,52-54H2. The van der Waals surface area contributed by atoms with Crippen LogP contribution in [0.5, 0.6) is 0 Å². The molecule has 6 heteroatoms. The molecule has 0 atom stereocenters. The molecule has 54 heavy (non-hydrogen) atoms. The van der Waals surface area contributed by atoms with Crippen molar-refractivity contribution in [1.29, 1.82) is 0 Å². The maximum absolute atomic E-state index is 14.3. The van der Waals surface area contributed by atoms with Gasteiger partial charge in [0.2, 0.25) is 13.4 Å². The van der Waals surface area contributed by atoms with Gasteiger partial charge in [-0.15, -0.1) is 0 Å². The third-order valence-electron chi connectivity index (χ3n) is 10.3. The molecule has 8 aromatic carbocycles. The molecular formula is C48H38B2FN3. The lowest BCUT2D eigenvalue weighted by Crippen LogP contribution is -2.58. The minimum atomic E-state index is -0.277. The second-order valence-electron chi connectivity index (χ2n) is 13.8. The van der Waals surface area contributed by atoms with Crippen LogP contribution in [0.25, 0.3) is 33.4 Å². The maximum Gasteiger partial charge on any atom is 0.243 e. The monoisotopic (exact) mass is 697 g/mol. The highest BCUT2D eigenvalue weighted by Crippen LogP contribution is 2.23. The summed E-state index contributed by atoms with van der Waals surface area (Å²) < 4.78 is 14.3. The minimum Gasteiger partial charge on any atom is -0.400 e. The first-order valence-corrected chi connectivity index (χ1v) is 18.1. The third-order valence-corrected chi connectivity index (χ3v) is 10.3. The summed E-state index contributed by atoms with van der Waals surface area (Å²) in [7, 11) is 0. The van der Waals surface area contributed by atoms with Crippen LogP contribution in [0.4, 0.5) is 21.5 Å². The Bertz CT molecular complexity index is 2340. The molecule has 0 aliphatic rings. The molecule has 0 amide bonds. The van der Waals surface area contributed by atoms with Gasteiger partial charge in [0.25, 0.3) is 0 Å². The lowest BCUT2D eigenvalue weighted by atomic mass is 9.33. The van der Waals surface area contributed by atoms with Gasteiger partial charge in [-0.3, -0.25) is 0 Å². The lowest BCUT2D eigenvalue weighted by molar-refractivity contribution is 0.628. The van der Waals surface area contributed by atoms with Crippen molar-refractivity contribution in [3.05, 3.63) is 200 Å². The Morgan fingerprint density at radius 2 is 0.611 bits per heavy atom. The van der Waals surface area contributed by atoms with Crippen LogP contribution in [0.3, 0.4) is 0 Å². The van der Waals surface area contributed by atoms with E-state index in [9.17, 15) is 4.39 Å². The van der Waals surface area contributed by atoms with Gasteiger partial charge < -0.3 is 17.2 Å². The van der Waals surface area contributed by atoms with E-state index in [1.165, 1.54) is 12.1 Å². The first-order valence-electron chi connectivity index (χ1n) is 18.1. The normalized spacial score (nSPS) is 10.9. The Labute approximate surface area is 317 Å². The van der Waals surface area contributed by atoms with Crippen LogP contribution in [0, 0.1) is 5.82 Å². The highest BCUT2D eigenvalue weighted by atomic mass is 19.1. The lowest BCUT2D eigenvalue weighted by Gasteiger charge is -2.25. The molecule has 0 spiro atoms. The third kappa shape index (κ3) is 7.15. The molecule has 6 N–H and O–H groups in total. The summed E-state index contributed by atoms with van der Waals surface area (Å²) in [6.45, 7) is -0.370. The first-order chi connectivity index (χ1) is 26.4. The molecule has 0 unspecified atom stereocenters. The molecule has 0 aliphatic heterocycles. The Balaban J connectivity index is 1.33. The fourth-order valence-corrected chi connectivity index (χ4v) is 7.47. The molecule has 0 fully saturated rings. The summed E-state index contributed by atoms with van der Waals surface area (Å²) in [5, 5.41) is 0. The fourth-order valence-electron chi connectivity index (χ4n) is 7.47. The largest absolute Gasteiger partial charge is 0.400 e. The first kappa shape index (κ1) is 34.3. The van der Waals surface area contributed by atoms with Crippen LogP contribution in [-0.4, -0.2) is 13.4 Å². The Kier molecular flexibility index (Phi) is 9.57. The number of hydrogen-bond acceptors (Lipinski definition) is 3. The maximum atomic E-state index is 14.3. The molecule has 0 aliphatic carbocycles. The van der Waals surface area contributed by atoms with Crippen molar-refractivity contribution >= 4 is 63.3 Å². The fraction of sp³-hybridized carbons (Fsp3) is 0. The summed E-state index contributed by atoms with van der Waals surface area (Å²) in [4.78, 5) is 0. The van der Waals surface area contributed by atoms with Gasteiger partial charge in [-0.1, -0.05) is 180 Å². The van der Waals surface area contributed by atoms with Crippen molar-refractivity contribution in [2.45, 2.75) is 0 Å². The van der Waals surface area contributed by atoms with Gasteiger partial charge in [-0.2, -0.15) is 0 Å². The number of nitrogens with two attached hydrogens (primary N) is 3. The van der Waals surface area contributed by atoms with Gasteiger partial charge in [0, 0.05) is 17.1 Å². The van der Waals surface area contributed by atoms with Crippen molar-refractivity contribution < 1.29 is 4.39 Å². The number of nitrogen functional groups attached to an aromatic ring is 3. The number of anilines is 3. The van der Waals surface area contributed by atoms with E-state index in [-0.39, 0.29) is 19.2 Å². The van der Waals surface area contributed by atoms with Crippen LogP contribution >= 0.6 is 0 Å². The van der Waals surface area contributed by atoms with Crippen molar-refractivity contribution in [2.24, 2.45) is 0 Å². The molecule has 258 valence electrons. The van der Waals surface area contributed by atoms with E-state index in [0.717, 1.165) is 77.5 Å². The number of rotatable bonds is 9. The van der Waals surface area contributed by atoms with Crippen LogP contribution in [0.15, 0.2) is 194 Å². The minimum absolute atomic E-state index is 0.185. The smallest absolute Gasteiger partial charge is 0.243 e. The number of hydrogen-bond donors (Lipinski definition) is 3. The Morgan fingerprint density at radius 1 is 0.315 bits per heavy atom. The predicted molar refractivity (Wildman–Crippen MR) is 231 cm³/mol. The Hall–Kier alpha value is -6.78. The van der Waals surface area contributed by atoms with Crippen molar-refractivity contribution in [3.63, 3.8) is 0 Å². The van der Waals surface area contributed by atoms with E-state index in [1.54, 1.807) is 0 Å². The van der Waals surface area contributed by atoms with E-state index < -0.39 is 0 Å². The molecule has 0 radical (unpaired) electrons. The summed E-state index contributed by atoms with van der Waals surface area (Å²) in [6, 6.07) is 65.3. The van der Waals surface area contributed by atoms with Crippen LogP contribution in [0.2, 0.25) is 0 Å². The van der Waals surface area contributed by atoms with Gasteiger partial charge >= 0.3 is 0 Å². The highest BCUT2D eigenvalue weighted by molar-refractivity contribution is 6.99. The summed E-state index contributed by atoms with van der Waals surface area (Å²) >= 11 is 0. The van der Waals surface area contributed by atoms with Crippen molar-refractivity contribution in [3.8, 4) is 33.4 Å². The zero-order chi connectivity index (χ0) is 37.0. The molecular weight excluding hydrogens is 659 g/mol. The van der Waals surface area contributed by atoms with Crippen molar-refractivity contribution in [2.75, 3.05) is 17.2 Å². The molecule has 8 aromatic rings. The van der Waals surface area contributed by atoms with Gasteiger partial charge in [-0.05, 0) is 80.7 Å². The summed E-state index contributed by atoms with van der Waals surface area (Å²) in [6.07, 6.45) is 0. The molecule has 3 nitrogen and oxygen atoms in total. The zero-order valence-electron chi connectivity index (χ0n) is 29.7. The van der Waals surface area contributed by atoms with Crippen LogP contribution in [0.1, 0.15) is 0 Å². The van der Waals surface area contributed by atoms with E-state index in [4.69, 9.17) is 17.2 Å². The van der Waals surface area contributed by atoms with E-state index in [2.05, 4.69) is 109 Å². The predicted octanol–water partition coefficient (Wildman–Crippen LogP) is 6.61. The van der Waals surface area contributed by atoms with Gasteiger partial charge in [0.15, 0.2) is 0 Å². The topological polar surface area (TPSA) is 78.1 Å². The second-order valence-corrected chi connectivity index (χ2v) is 13.8. The molecule has 0 aromatic heterocycles. The molecule has 0 saturated heterocycles. The SMILES string of the molecule is Nc1ccc(-c2ccc(B(c3ccccc3)c3cc(-c4ccc(F)cc4)cc(B(c4ccccc4)c4ccc(-c5ccc(N)cc5)cc4)c3N)cc2)cc1. The van der Waals surface area contributed by atoms with Gasteiger partial charge in [0.05, 0.1) is 0 Å². The zero-order valence-corrected chi connectivity index (χ0v) is 29.7. The van der Waals surface area contributed by atoms with Gasteiger partial charge in [-0.25, -0.2) is 4.39 Å². The molecule has 0 heterocycles. The average Bonchev–Trinajstić information content (AvgIpc) is 3.21. The summed E-state index contributed by atoms with van der Waals surface area (Å²) in [5.41, 5.74) is 34.3. The van der Waals surface area contributed by atoms with Gasteiger partial charge in [0.1, 0.15) is 5.82 Å². The van der Waals surface area contributed by atoms with E-state index >= 15 is 0 Å². The number of benzene rings is 8. The molecule has 8 rings (SSSR count). The van der Waals surface area contributed by atoms with Crippen LogP contribution < -0.4 is 50.0 Å². The second kappa shape index (κ2) is 15.1. The Morgan fingerprint density at radius 3 is 0.981 bits per heavy atom. The number of halogens is 1. The summed E-state index contributed by atoms with van der Waals surface area (Å²) in [5.74, 6) is -0.277.